The summed E-state index contributed by atoms with van der Waals surface area (Å²) in [4.78, 5) is 11.8. The first kappa shape index (κ1) is 26.3. The summed E-state index contributed by atoms with van der Waals surface area (Å²) in [5.41, 5.74) is 3.12. The summed E-state index contributed by atoms with van der Waals surface area (Å²) in [6.07, 6.45) is -2.25. The van der Waals surface area contributed by atoms with Crippen molar-refractivity contribution < 1.29 is 23.7 Å². The molecule has 1 aliphatic heterocycles. The average Bonchev–Trinajstić information content (AvgIpc) is 3.20. The highest BCUT2D eigenvalue weighted by atomic mass is 35.5. The number of benzene rings is 3. The van der Waals surface area contributed by atoms with Gasteiger partial charge in [0, 0.05) is 6.92 Å². The molecule has 6 nitrogen and oxygen atoms in total. The first-order valence-corrected chi connectivity index (χ1v) is 12.5. The van der Waals surface area contributed by atoms with Crippen LogP contribution in [0.4, 0.5) is 0 Å². The molecule has 7 heteroatoms. The van der Waals surface area contributed by atoms with Crippen molar-refractivity contribution in [1.82, 2.24) is 5.32 Å². The van der Waals surface area contributed by atoms with Crippen LogP contribution in [0.2, 0.25) is 0 Å². The van der Waals surface area contributed by atoms with Crippen LogP contribution in [0.5, 0.6) is 0 Å². The SMILES string of the molecule is CC(=O)N[C@@H]1O[C@H]([C@@H](COCc2ccccc2)OCc2ccccc2)[C@H](OCc2ccccc2)[C@H]1Cl. The van der Waals surface area contributed by atoms with Crippen LogP contribution in [0.15, 0.2) is 91.0 Å². The predicted octanol–water partition coefficient (Wildman–Crippen LogP) is 4.84. The van der Waals surface area contributed by atoms with E-state index in [-0.39, 0.29) is 12.5 Å². The highest BCUT2D eigenvalue weighted by Gasteiger charge is 2.48. The third-order valence-electron chi connectivity index (χ3n) is 5.93. The molecule has 3 aromatic rings. The second kappa shape index (κ2) is 13.5. The summed E-state index contributed by atoms with van der Waals surface area (Å²) in [5, 5.41) is 2.19. The molecule has 0 aliphatic carbocycles. The second-order valence-corrected chi connectivity index (χ2v) is 9.27. The van der Waals surface area contributed by atoms with Crippen LogP contribution in [0.1, 0.15) is 23.6 Å². The summed E-state index contributed by atoms with van der Waals surface area (Å²) in [7, 11) is 0. The number of hydrogen-bond acceptors (Lipinski definition) is 5. The fourth-order valence-corrected chi connectivity index (χ4v) is 4.46. The molecule has 36 heavy (non-hydrogen) atoms. The molecule has 0 radical (unpaired) electrons. The molecule has 0 aromatic heterocycles. The quantitative estimate of drug-likeness (QED) is 0.354. The number of alkyl halides is 1. The lowest BCUT2D eigenvalue weighted by molar-refractivity contribution is -0.144. The lowest BCUT2D eigenvalue weighted by Gasteiger charge is -2.28. The number of carbonyl (C=O) groups is 1. The Morgan fingerprint density at radius 2 is 1.39 bits per heavy atom. The van der Waals surface area contributed by atoms with Gasteiger partial charge >= 0.3 is 0 Å². The molecule has 0 unspecified atom stereocenters. The molecule has 1 N–H and O–H groups in total. The highest BCUT2D eigenvalue weighted by molar-refractivity contribution is 6.21. The van der Waals surface area contributed by atoms with Crippen molar-refractivity contribution in [2.45, 2.75) is 56.7 Å². The third kappa shape index (κ3) is 7.63. The van der Waals surface area contributed by atoms with Crippen LogP contribution >= 0.6 is 11.6 Å². The second-order valence-electron chi connectivity index (χ2n) is 8.76. The molecule has 0 spiro atoms. The van der Waals surface area contributed by atoms with Crippen LogP contribution < -0.4 is 5.32 Å². The first-order chi connectivity index (χ1) is 17.6. The maximum atomic E-state index is 11.8. The zero-order valence-electron chi connectivity index (χ0n) is 20.3. The molecule has 1 amide bonds. The molecular weight excluding hydrogens is 478 g/mol. The minimum Gasteiger partial charge on any atom is -0.374 e. The molecule has 3 aromatic carbocycles. The van der Waals surface area contributed by atoms with E-state index in [0.29, 0.717) is 19.8 Å². The summed E-state index contributed by atoms with van der Waals surface area (Å²) in [5.74, 6) is -0.227. The van der Waals surface area contributed by atoms with Crippen molar-refractivity contribution in [3.05, 3.63) is 108 Å². The van der Waals surface area contributed by atoms with Crippen molar-refractivity contribution in [2.75, 3.05) is 6.61 Å². The summed E-state index contributed by atoms with van der Waals surface area (Å²) >= 11 is 6.78. The lowest BCUT2D eigenvalue weighted by Crippen LogP contribution is -2.43. The Bertz CT molecular complexity index is 1050. The fourth-order valence-electron chi connectivity index (χ4n) is 4.12. The van der Waals surface area contributed by atoms with Crippen LogP contribution in [-0.2, 0) is 43.6 Å². The Morgan fingerprint density at radius 3 is 1.94 bits per heavy atom. The maximum absolute atomic E-state index is 11.8. The van der Waals surface area contributed by atoms with E-state index in [4.69, 9.17) is 30.5 Å². The normalized spacial score (nSPS) is 22.3. The first-order valence-electron chi connectivity index (χ1n) is 12.1. The van der Waals surface area contributed by atoms with Crippen LogP contribution in [-0.4, -0.2) is 42.4 Å². The molecule has 0 bridgehead atoms. The van der Waals surface area contributed by atoms with Gasteiger partial charge in [-0.1, -0.05) is 91.0 Å². The van der Waals surface area contributed by atoms with Crippen molar-refractivity contribution in [1.29, 1.82) is 0 Å². The van der Waals surface area contributed by atoms with Crippen LogP contribution in [0, 0.1) is 0 Å². The van der Waals surface area contributed by atoms with Gasteiger partial charge in [-0.2, -0.15) is 0 Å². The van der Waals surface area contributed by atoms with Gasteiger partial charge in [0.25, 0.3) is 0 Å². The fraction of sp³-hybridized carbons (Fsp3) is 0.345. The van der Waals surface area contributed by atoms with E-state index in [2.05, 4.69) is 5.32 Å². The Balaban J connectivity index is 1.50. The van der Waals surface area contributed by atoms with Gasteiger partial charge in [0.05, 0.1) is 26.4 Å². The number of nitrogens with one attached hydrogen (secondary N) is 1. The number of rotatable bonds is 12. The minimum atomic E-state index is -0.702. The van der Waals surface area contributed by atoms with Crippen molar-refractivity contribution in [3.8, 4) is 0 Å². The average molecular weight is 510 g/mol. The van der Waals surface area contributed by atoms with Gasteiger partial charge in [-0.3, -0.25) is 4.79 Å². The van der Waals surface area contributed by atoms with Crippen molar-refractivity contribution >= 4 is 17.5 Å². The topological polar surface area (TPSA) is 66.0 Å². The molecule has 1 saturated heterocycles. The Labute approximate surface area is 217 Å². The summed E-state index contributed by atoms with van der Waals surface area (Å²) in [6, 6.07) is 29.7. The largest absolute Gasteiger partial charge is 0.374 e. The molecule has 1 fully saturated rings. The van der Waals surface area contributed by atoms with E-state index in [1.54, 1.807) is 0 Å². The number of halogens is 1. The number of amides is 1. The highest BCUT2D eigenvalue weighted by Crippen LogP contribution is 2.32. The van der Waals surface area contributed by atoms with E-state index in [1.807, 2.05) is 91.0 Å². The summed E-state index contributed by atoms with van der Waals surface area (Å²) < 4.78 is 24.9. The zero-order valence-corrected chi connectivity index (χ0v) is 21.1. The molecule has 4 rings (SSSR count). The zero-order chi connectivity index (χ0) is 25.2. The standard InChI is InChI=1S/C29H32ClNO5/c1-21(32)31-29-26(30)28(35-19-24-15-9-4-10-16-24)27(36-29)25(34-18-23-13-7-3-8-14-23)20-33-17-22-11-5-2-6-12-22/h2-16,25-29H,17-20H2,1H3,(H,31,32)/t25-,26-,27-,28-,29-/m1/s1. The van der Waals surface area contributed by atoms with Gasteiger partial charge in [0.2, 0.25) is 5.91 Å². The lowest BCUT2D eigenvalue weighted by atomic mass is 10.1. The van der Waals surface area contributed by atoms with Gasteiger partial charge in [-0.25, -0.2) is 0 Å². The van der Waals surface area contributed by atoms with Crippen molar-refractivity contribution in [2.24, 2.45) is 0 Å². The third-order valence-corrected chi connectivity index (χ3v) is 6.41. The molecule has 190 valence electrons. The number of carbonyl (C=O) groups excluding carboxylic acids is 1. The molecule has 1 aliphatic rings. The van der Waals surface area contributed by atoms with Gasteiger partial charge in [-0.15, -0.1) is 11.6 Å². The number of hydrogen-bond donors (Lipinski definition) is 1. The molecule has 5 atom stereocenters. The smallest absolute Gasteiger partial charge is 0.218 e. The van der Waals surface area contributed by atoms with Gasteiger partial charge in [-0.05, 0) is 16.7 Å². The van der Waals surface area contributed by atoms with Crippen LogP contribution in [0.25, 0.3) is 0 Å². The Hall–Kier alpha value is -2.74. The van der Waals surface area contributed by atoms with E-state index in [1.165, 1.54) is 6.92 Å². The number of ether oxygens (including phenoxy) is 4. The molecular formula is C29H32ClNO5. The van der Waals surface area contributed by atoms with Gasteiger partial charge < -0.3 is 24.3 Å². The van der Waals surface area contributed by atoms with E-state index in [0.717, 1.165) is 16.7 Å². The molecule has 1 heterocycles. The van der Waals surface area contributed by atoms with Gasteiger partial charge in [0.15, 0.2) is 0 Å². The van der Waals surface area contributed by atoms with E-state index >= 15 is 0 Å². The van der Waals surface area contributed by atoms with E-state index < -0.39 is 29.9 Å². The molecule has 0 saturated carbocycles. The Morgan fingerprint density at radius 1 is 0.861 bits per heavy atom. The van der Waals surface area contributed by atoms with E-state index in [9.17, 15) is 4.79 Å². The van der Waals surface area contributed by atoms with Crippen molar-refractivity contribution in [3.63, 3.8) is 0 Å². The predicted molar refractivity (Wildman–Crippen MR) is 138 cm³/mol. The summed E-state index contributed by atoms with van der Waals surface area (Å²) in [6.45, 7) is 2.88. The van der Waals surface area contributed by atoms with Crippen LogP contribution in [0.3, 0.4) is 0 Å². The monoisotopic (exact) mass is 509 g/mol. The minimum absolute atomic E-state index is 0.227. The Kier molecular flexibility index (Phi) is 9.90. The van der Waals surface area contributed by atoms with Gasteiger partial charge in [0.1, 0.15) is 29.9 Å². The maximum Gasteiger partial charge on any atom is 0.218 e.